The van der Waals surface area contributed by atoms with Gasteiger partial charge in [0.15, 0.2) is 0 Å². The molecule has 0 bridgehead atoms. The Kier molecular flexibility index (Phi) is 5.09. The molecule has 0 saturated carbocycles. The van der Waals surface area contributed by atoms with Crippen molar-refractivity contribution >= 4 is 0 Å². The van der Waals surface area contributed by atoms with Crippen LogP contribution in [0.4, 0.5) is 0 Å². The number of aromatic nitrogens is 1. The van der Waals surface area contributed by atoms with Crippen molar-refractivity contribution in [2.75, 3.05) is 14.2 Å². The zero-order valence-corrected chi connectivity index (χ0v) is 12.0. The van der Waals surface area contributed by atoms with E-state index in [2.05, 4.69) is 23.0 Å². The van der Waals surface area contributed by atoms with E-state index in [1.165, 1.54) is 0 Å². The minimum atomic E-state index is 0.543. The van der Waals surface area contributed by atoms with Gasteiger partial charge in [0.05, 0.1) is 12.8 Å². The van der Waals surface area contributed by atoms with Crippen molar-refractivity contribution in [2.45, 2.75) is 19.6 Å². The summed E-state index contributed by atoms with van der Waals surface area (Å²) in [5.41, 5.74) is 9.02. The quantitative estimate of drug-likeness (QED) is 0.875. The summed E-state index contributed by atoms with van der Waals surface area (Å²) >= 11 is 0. The molecule has 4 heteroatoms. The van der Waals surface area contributed by atoms with Crippen molar-refractivity contribution in [1.82, 2.24) is 9.88 Å². The van der Waals surface area contributed by atoms with Gasteiger partial charge in [0, 0.05) is 31.4 Å². The summed E-state index contributed by atoms with van der Waals surface area (Å²) < 4.78 is 5.41. The zero-order chi connectivity index (χ0) is 14.4. The van der Waals surface area contributed by atoms with Gasteiger partial charge in [0.2, 0.25) is 0 Å². The zero-order valence-electron chi connectivity index (χ0n) is 12.0. The number of nitrogens with two attached hydrogens (primary N) is 1. The van der Waals surface area contributed by atoms with Gasteiger partial charge in [0.25, 0.3) is 0 Å². The van der Waals surface area contributed by atoms with E-state index in [0.29, 0.717) is 6.54 Å². The number of pyridine rings is 1. The van der Waals surface area contributed by atoms with Crippen LogP contribution < -0.4 is 10.5 Å². The summed E-state index contributed by atoms with van der Waals surface area (Å²) in [7, 11) is 3.77. The lowest BCUT2D eigenvalue weighted by Crippen LogP contribution is -2.18. The molecule has 2 rings (SSSR count). The lowest BCUT2D eigenvalue weighted by atomic mass is 10.1. The van der Waals surface area contributed by atoms with E-state index < -0.39 is 0 Å². The van der Waals surface area contributed by atoms with Crippen LogP contribution in [0.3, 0.4) is 0 Å². The molecule has 1 aromatic heterocycles. The van der Waals surface area contributed by atoms with Gasteiger partial charge >= 0.3 is 0 Å². The molecular weight excluding hydrogens is 250 g/mol. The van der Waals surface area contributed by atoms with Gasteiger partial charge in [-0.3, -0.25) is 9.88 Å². The summed E-state index contributed by atoms with van der Waals surface area (Å²) in [4.78, 5) is 6.55. The van der Waals surface area contributed by atoms with Crippen LogP contribution in [0, 0.1) is 0 Å². The van der Waals surface area contributed by atoms with Crippen LogP contribution in [-0.2, 0) is 19.6 Å². The highest BCUT2D eigenvalue weighted by Gasteiger charge is 2.08. The van der Waals surface area contributed by atoms with Gasteiger partial charge in [0.1, 0.15) is 5.75 Å². The van der Waals surface area contributed by atoms with Crippen molar-refractivity contribution in [1.29, 1.82) is 0 Å². The third kappa shape index (κ3) is 3.79. The number of hydrogen-bond donors (Lipinski definition) is 1. The summed E-state index contributed by atoms with van der Waals surface area (Å²) in [5, 5.41) is 0. The summed E-state index contributed by atoms with van der Waals surface area (Å²) in [5.74, 6) is 0.898. The average Bonchev–Trinajstić information content (AvgIpc) is 2.48. The Balaban J connectivity index is 2.08. The van der Waals surface area contributed by atoms with Crippen LogP contribution in [0.25, 0.3) is 0 Å². The number of rotatable bonds is 6. The predicted molar refractivity (Wildman–Crippen MR) is 80.3 cm³/mol. The first kappa shape index (κ1) is 14.5. The molecule has 0 saturated heterocycles. The Hall–Kier alpha value is -1.91. The Morgan fingerprint density at radius 3 is 2.70 bits per heavy atom. The second kappa shape index (κ2) is 7.03. The summed E-state index contributed by atoms with van der Waals surface area (Å²) in [6.45, 7) is 2.14. The molecule has 0 amide bonds. The van der Waals surface area contributed by atoms with Gasteiger partial charge in [-0.15, -0.1) is 0 Å². The lowest BCUT2D eigenvalue weighted by molar-refractivity contribution is 0.306. The fourth-order valence-electron chi connectivity index (χ4n) is 2.20. The second-order valence-electron chi connectivity index (χ2n) is 4.84. The van der Waals surface area contributed by atoms with Gasteiger partial charge in [-0.1, -0.05) is 12.1 Å². The molecule has 0 atom stereocenters. The standard InChI is InChI=1S/C16H21N3O/c1-19(12-15-5-3-4-8-18-15)11-14-9-13(10-17)6-7-16(14)20-2/h3-9H,10-12,17H2,1-2H3. The van der Waals surface area contributed by atoms with E-state index in [0.717, 1.165) is 35.7 Å². The van der Waals surface area contributed by atoms with E-state index in [9.17, 15) is 0 Å². The number of nitrogens with zero attached hydrogens (tertiary/aromatic N) is 2. The number of ether oxygens (including phenoxy) is 1. The highest BCUT2D eigenvalue weighted by molar-refractivity contribution is 5.37. The molecule has 1 heterocycles. The molecule has 0 spiro atoms. The van der Waals surface area contributed by atoms with Gasteiger partial charge in [-0.05, 0) is 36.9 Å². The van der Waals surface area contributed by atoms with E-state index in [4.69, 9.17) is 10.5 Å². The molecule has 4 nitrogen and oxygen atoms in total. The molecule has 2 N–H and O–H groups in total. The van der Waals surface area contributed by atoms with Crippen molar-refractivity contribution in [2.24, 2.45) is 5.73 Å². The van der Waals surface area contributed by atoms with Crippen LogP contribution >= 0.6 is 0 Å². The molecule has 0 radical (unpaired) electrons. The Morgan fingerprint density at radius 2 is 2.05 bits per heavy atom. The molecule has 2 aromatic rings. The Labute approximate surface area is 120 Å². The van der Waals surface area contributed by atoms with E-state index in [1.54, 1.807) is 7.11 Å². The molecule has 0 unspecified atom stereocenters. The Bertz CT molecular complexity index is 543. The van der Waals surface area contributed by atoms with Crippen molar-refractivity contribution in [3.05, 3.63) is 59.4 Å². The maximum absolute atomic E-state index is 5.70. The number of hydrogen-bond acceptors (Lipinski definition) is 4. The highest BCUT2D eigenvalue weighted by Crippen LogP contribution is 2.21. The minimum Gasteiger partial charge on any atom is -0.496 e. The van der Waals surface area contributed by atoms with Crippen LogP contribution in [-0.4, -0.2) is 24.0 Å². The van der Waals surface area contributed by atoms with Gasteiger partial charge in [-0.2, -0.15) is 0 Å². The SMILES string of the molecule is COc1ccc(CN)cc1CN(C)Cc1ccccn1. The first-order chi connectivity index (χ1) is 9.72. The number of benzene rings is 1. The molecule has 1 aromatic carbocycles. The topological polar surface area (TPSA) is 51.4 Å². The molecule has 20 heavy (non-hydrogen) atoms. The monoisotopic (exact) mass is 271 g/mol. The maximum atomic E-state index is 5.70. The Morgan fingerprint density at radius 1 is 1.20 bits per heavy atom. The molecule has 106 valence electrons. The van der Waals surface area contributed by atoms with E-state index in [1.807, 2.05) is 36.5 Å². The van der Waals surface area contributed by atoms with Crippen LogP contribution in [0.5, 0.6) is 5.75 Å². The molecule has 0 aliphatic heterocycles. The van der Waals surface area contributed by atoms with Crippen molar-refractivity contribution in [3.63, 3.8) is 0 Å². The van der Waals surface area contributed by atoms with Gasteiger partial charge < -0.3 is 10.5 Å². The maximum Gasteiger partial charge on any atom is 0.123 e. The molecule has 0 aliphatic rings. The third-order valence-electron chi connectivity index (χ3n) is 3.18. The fourth-order valence-corrected chi connectivity index (χ4v) is 2.20. The normalized spacial score (nSPS) is 10.8. The van der Waals surface area contributed by atoms with Crippen LogP contribution in [0.1, 0.15) is 16.8 Å². The second-order valence-corrected chi connectivity index (χ2v) is 4.84. The van der Waals surface area contributed by atoms with E-state index >= 15 is 0 Å². The van der Waals surface area contributed by atoms with Crippen molar-refractivity contribution in [3.8, 4) is 5.75 Å². The average molecular weight is 271 g/mol. The highest BCUT2D eigenvalue weighted by atomic mass is 16.5. The van der Waals surface area contributed by atoms with Crippen LogP contribution in [0.2, 0.25) is 0 Å². The van der Waals surface area contributed by atoms with Crippen molar-refractivity contribution < 1.29 is 4.74 Å². The molecular formula is C16H21N3O. The van der Waals surface area contributed by atoms with Gasteiger partial charge in [-0.25, -0.2) is 0 Å². The summed E-state index contributed by atoms with van der Waals surface area (Å²) in [6, 6.07) is 12.0. The lowest BCUT2D eigenvalue weighted by Gasteiger charge is -2.18. The minimum absolute atomic E-state index is 0.543. The third-order valence-corrected chi connectivity index (χ3v) is 3.18. The van der Waals surface area contributed by atoms with E-state index in [-0.39, 0.29) is 0 Å². The van der Waals surface area contributed by atoms with Crippen LogP contribution in [0.15, 0.2) is 42.6 Å². The molecule has 0 fully saturated rings. The summed E-state index contributed by atoms with van der Waals surface area (Å²) in [6.07, 6.45) is 1.82. The molecule has 0 aliphatic carbocycles. The largest absolute Gasteiger partial charge is 0.496 e. The first-order valence-corrected chi connectivity index (χ1v) is 6.67. The fraction of sp³-hybridized carbons (Fsp3) is 0.312. The smallest absolute Gasteiger partial charge is 0.123 e. The number of methoxy groups -OCH3 is 1. The first-order valence-electron chi connectivity index (χ1n) is 6.67. The predicted octanol–water partition coefficient (Wildman–Crippen LogP) is 2.18.